The summed E-state index contributed by atoms with van der Waals surface area (Å²) >= 11 is 0. The first-order valence-corrected chi connectivity index (χ1v) is 12.3. The largest absolute Gasteiger partial charge is 0.352 e. The van der Waals surface area contributed by atoms with E-state index in [4.69, 9.17) is 15.0 Å². The average molecular weight is 474 g/mol. The number of hydrogen-bond acceptors (Lipinski definition) is 5. The van der Waals surface area contributed by atoms with E-state index < -0.39 is 6.29 Å². The summed E-state index contributed by atoms with van der Waals surface area (Å²) in [7, 11) is 0. The van der Waals surface area contributed by atoms with Crippen molar-refractivity contribution in [3.8, 4) is 0 Å². The van der Waals surface area contributed by atoms with Crippen LogP contribution in [-0.2, 0) is 20.8 Å². The maximum absolute atomic E-state index is 12.2. The minimum Gasteiger partial charge on any atom is -0.352 e. The van der Waals surface area contributed by atoms with Gasteiger partial charge in [-0.05, 0) is 54.3 Å². The molecule has 1 fully saturated rings. The van der Waals surface area contributed by atoms with E-state index >= 15 is 0 Å². The van der Waals surface area contributed by atoms with Crippen LogP contribution in [0.2, 0.25) is 0 Å². The zero-order valence-corrected chi connectivity index (χ0v) is 20.8. The van der Waals surface area contributed by atoms with E-state index in [-0.39, 0.29) is 36.4 Å². The number of azide groups is 1. The molecule has 0 bridgehead atoms. The third-order valence-electron chi connectivity index (χ3n) is 6.53. The van der Waals surface area contributed by atoms with Crippen molar-refractivity contribution in [3.63, 3.8) is 0 Å². The fraction of sp³-hybridized carbons (Fsp3) is 0.680. The molecule has 1 aromatic rings. The third kappa shape index (κ3) is 8.63. The number of amides is 2. The average Bonchev–Trinajstić information content (AvgIpc) is 2.83. The van der Waals surface area contributed by atoms with E-state index in [0.717, 1.165) is 37.7 Å². The van der Waals surface area contributed by atoms with Crippen LogP contribution in [0.15, 0.2) is 29.4 Å². The fourth-order valence-corrected chi connectivity index (χ4v) is 4.30. The molecule has 0 radical (unpaired) electrons. The third-order valence-corrected chi connectivity index (χ3v) is 6.53. The molecule has 9 heteroatoms. The quantitative estimate of drug-likeness (QED) is 0.186. The van der Waals surface area contributed by atoms with Crippen LogP contribution in [0, 0.1) is 11.8 Å². The predicted molar refractivity (Wildman–Crippen MR) is 131 cm³/mol. The standard InChI is InChI=1S/C25H39N5O4/c1-5-22-17(2)18(3)23(29-19(4)31)25(34-22)33-15-9-7-6-8-14-27-24(32)21-12-10-20(11-13-21)16-28-30-26/h10-13,17-18,22-23,25H,5-9,14-16H2,1-4H3,(H,27,32)(H,29,31)/t17-,18-,22?,23?,25+/m0/s1. The molecule has 0 aromatic heterocycles. The molecule has 188 valence electrons. The van der Waals surface area contributed by atoms with Gasteiger partial charge < -0.3 is 20.1 Å². The minimum atomic E-state index is -0.419. The maximum Gasteiger partial charge on any atom is 0.251 e. The molecule has 5 atom stereocenters. The summed E-state index contributed by atoms with van der Waals surface area (Å²) in [6.45, 7) is 9.43. The highest BCUT2D eigenvalue weighted by Crippen LogP contribution is 2.32. The second-order valence-electron chi connectivity index (χ2n) is 9.02. The van der Waals surface area contributed by atoms with Gasteiger partial charge in [0.25, 0.3) is 5.91 Å². The summed E-state index contributed by atoms with van der Waals surface area (Å²) in [5, 5.41) is 9.46. The van der Waals surface area contributed by atoms with E-state index in [9.17, 15) is 9.59 Å². The molecule has 1 aliphatic heterocycles. The molecule has 0 spiro atoms. The molecule has 1 aromatic carbocycles. The lowest BCUT2D eigenvalue weighted by atomic mass is 9.81. The Kier molecular flexibility index (Phi) is 11.9. The summed E-state index contributed by atoms with van der Waals surface area (Å²) in [4.78, 5) is 26.6. The summed E-state index contributed by atoms with van der Waals surface area (Å²) in [6, 6.07) is 6.92. The molecule has 1 heterocycles. The van der Waals surface area contributed by atoms with Gasteiger partial charge in [0.05, 0.1) is 18.7 Å². The molecule has 2 N–H and O–H groups in total. The fourth-order valence-electron chi connectivity index (χ4n) is 4.30. The lowest BCUT2D eigenvalue weighted by Crippen LogP contribution is -2.57. The van der Waals surface area contributed by atoms with Gasteiger partial charge in [-0.3, -0.25) is 9.59 Å². The second-order valence-corrected chi connectivity index (χ2v) is 9.02. The number of hydrogen-bond donors (Lipinski definition) is 2. The van der Waals surface area contributed by atoms with Crippen LogP contribution in [0.25, 0.3) is 10.4 Å². The van der Waals surface area contributed by atoms with Crippen molar-refractivity contribution in [1.82, 2.24) is 10.6 Å². The van der Waals surface area contributed by atoms with Crippen molar-refractivity contribution in [1.29, 1.82) is 0 Å². The Morgan fingerprint density at radius 2 is 1.82 bits per heavy atom. The molecule has 0 aliphatic carbocycles. The number of rotatable bonds is 13. The molecule has 34 heavy (non-hydrogen) atoms. The molecule has 2 amide bonds. The number of nitrogens with one attached hydrogen (secondary N) is 2. The molecule has 1 aliphatic rings. The molecule has 2 unspecified atom stereocenters. The van der Waals surface area contributed by atoms with Gasteiger partial charge in [0, 0.05) is 30.6 Å². The molecular formula is C25H39N5O4. The van der Waals surface area contributed by atoms with Crippen molar-refractivity contribution in [2.24, 2.45) is 17.0 Å². The Morgan fingerprint density at radius 3 is 2.47 bits per heavy atom. The van der Waals surface area contributed by atoms with Crippen LogP contribution < -0.4 is 10.6 Å². The minimum absolute atomic E-state index is 0.0673. The first kappa shape index (κ1) is 27.6. The number of unbranched alkanes of at least 4 members (excludes halogenated alkanes) is 3. The van der Waals surface area contributed by atoms with Crippen LogP contribution in [0.5, 0.6) is 0 Å². The molecular weight excluding hydrogens is 434 g/mol. The van der Waals surface area contributed by atoms with Gasteiger partial charge in [0.15, 0.2) is 6.29 Å². The van der Waals surface area contributed by atoms with Gasteiger partial charge >= 0.3 is 0 Å². The Bertz CT molecular complexity index is 825. The lowest BCUT2D eigenvalue weighted by molar-refractivity contribution is -0.236. The number of carbonyl (C=O) groups is 2. The van der Waals surface area contributed by atoms with E-state index in [0.29, 0.717) is 24.6 Å². The lowest BCUT2D eigenvalue weighted by Gasteiger charge is -2.44. The van der Waals surface area contributed by atoms with Crippen molar-refractivity contribution in [2.75, 3.05) is 13.2 Å². The monoisotopic (exact) mass is 473 g/mol. The van der Waals surface area contributed by atoms with Crippen molar-refractivity contribution in [3.05, 3.63) is 45.8 Å². The second kappa shape index (κ2) is 14.6. The zero-order valence-electron chi connectivity index (χ0n) is 20.8. The van der Waals surface area contributed by atoms with E-state index in [2.05, 4.69) is 41.4 Å². The normalized spacial score (nSPS) is 24.2. The SMILES string of the molecule is CCC1O[C@@H](OCCCCCCNC(=O)c2ccc(CN=[N+]=[N-])cc2)C(NC(C)=O)[C@@H](C)[C@@H]1C. The molecule has 2 rings (SSSR count). The number of carbonyl (C=O) groups excluding carboxylic acids is 2. The van der Waals surface area contributed by atoms with Crippen molar-refractivity contribution >= 4 is 11.8 Å². The van der Waals surface area contributed by atoms with Crippen LogP contribution in [0.4, 0.5) is 0 Å². The van der Waals surface area contributed by atoms with Gasteiger partial charge in [0.2, 0.25) is 5.91 Å². The summed E-state index contributed by atoms with van der Waals surface area (Å²) in [6.07, 6.45) is 4.40. The van der Waals surface area contributed by atoms with E-state index in [1.165, 1.54) is 6.92 Å². The Morgan fingerprint density at radius 1 is 1.12 bits per heavy atom. The highest BCUT2D eigenvalue weighted by atomic mass is 16.7. The van der Waals surface area contributed by atoms with Gasteiger partial charge in [-0.2, -0.15) is 0 Å². The number of benzene rings is 1. The van der Waals surface area contributed by atoms with Gasteiger partial charge in [-0.1, -0.05) is 50.9 Å². The summed E-state index contributed by atoms with van der Waals surface area (Å²) in [5.74, 6) is 0.458. The predicted octanol–water partition coefficient (Wildman–Crippen LogP) is 4.72. The Balaban J connectivity index is 1.64. The van der Waals surface area contributed by atoms with Gasteiger partial charge in [-0.15, -0.1) is 0 Å². The van der Waals surface area contributed by atoms with E-state index in [1.54, 1.807) is 24.3 Å². The van der Waals surface area contributed by atoms with Crippen LogP contribution in [-0.4, -0.2) is 43.4 Å². The van der Waals surface area contributed by atoms with Crippen molar-refractivity contribution in [2.45, 2.75) is 84.8 Å². The van der Waals surface area contributed by atoms with Crippen LogP contribution in [0.1, 0.15) is 75.7 Å². The van der Waals surface area contributed by atoms with E-state index in [1.807, 2.05) is 0 Å². The first-order chi connectivity index (χ1) is 16.4. The highest BCUT2D eigenvalue weighted by Gasteiger charge is 2.41. The summed E-state index contributed by atoms with van der Waals surface area (Å²) < 4.78 is 12.2. The summed E-state index contributed by atoms with van der Waals surface area (Å²) in [5.41, 5.74) is 9.82. The van der Waals surface area contributed by atoms with Crippen molar-refractivity contribution < 1.29 is 19.1 Å². The number of ether oxygens (including phenoxy) is 2. The smallest absolute Gasteiger partial charge is 0.251 e. The molecule has 9 nitrogen and oxygen atoms in total. The number of nitrogens with zero attached hydrogens (tertiary/aromatic N) is 3. The highest BCUT2D eigenvalue weighted by molar-refractivity contribution is 5.94. The van der Waals surface area contributed by atoms with Crippen LogP contribution in [0.3, 0.4) is 0 Å². The maximum atomic E-state index is 12.2. The molecule has 0 saturated carbocycles. The van der Waals surface area contributed by atoms with Crippen LogP contribution >= 0.6 is 0 Å². The first-order valence-electron chi connectivity index (χ1n) is 12.3. The Labute approximate surface area is 202 Å². The Hall–Kier alpha value is -2.61. The van der Waals surface area contributed by atoms with Gasteiger partial charge in [-0.25, -0.2) is 0 Å². The topological polar surface area (TPSA) is 125 Å². The van der Waals surface area contributed by atoms with Gasteiger partial charge in [0.1, 0.15) is 0 Å². The zero-order chi connectivity index (χ0) is 24.9. The molecule has 1 saturated heterocycles.